The first kappa shape index (κ1) is 17.1. The number of hydrogen-bond acceptors (Lipinski definition) is 4. The molecule has 23 heavy (non-hydrogen) atoms. The number of nitrogens with one attached hydrogen (secondary N) is 2. The molecule has 1 heterocycles. The Hall–Kier alpha value is -2.31. The van der Waals surface area contributed by atoms with E-state index >= 15 is 0 Å². The van der Waals surface area contributed by atoms with Gasteiger partial charge in [-0.05, 0) is 24.3 Å². The molecule has 1 aromatic heterocycles. The lowest BCUT2D eigenvalue weighted by molar-refractivity contribution is 0.0904. The van der Waals surface area contributed by atoms with Crippen molar-refractivity contribution in [3.05, 3.63) is 58.5 Å². The highest BCUT2D eigenvalue weighted by molar-refractivity contribution is 6.33. The van der Waals surface area contributed by atoms with Crippen LogP contribution in [-0.2, 0) is 11.3 Å². The van der Waals surface area contributed by atoms with Gasteiger partial charge in [-0.3, -0.25) is 9.59 Å². The Labute approximate surface area is 138 Å². The van der Waals surface area contributed by atoms with Crippen molar-refractivity contribution >= 4 is 23.4 Å². The van der Waals surface area contributed by atoms with E-state index in [0.717, 1.165) is 0 Å². The maximum Gasteiger partial charge on any atom is 0.287 e. The molecule has 7 heteroatoms. The summed E-state index contributed by atoms with van der Waals surface area (Å²) in [6, 6.07) is 10.0. The molecule has 0 bridgehead atoms. The summed E-state index contributed by atoms with van der Waals surface area (Å²) in [4.78, 5) is 23.8. The molecule has 122 valence electrons. The van der Waals surface area contributed by atoms with E-state index in [4.69, 9.17) is 20.8 Å². The molecule has 0 saturated heterocycles. The predicted molar refractivity (Wildman–Crippen MR) is 85.5 cm³/mol. The van der Waals surface area contributed by atoms with Crippen molar-refractivity contribution < 1.29 is 18.7 Å². The largest absolute Gasteiger partial charge is 0.453 e. The number of benzene rings is 1. The van der Waals surface area contributed by atoms with Crippen LogP contribution >= 0.6 is 11.6 Å². The van der Waals surface area contributed by atoms with Crippen LogP contribution in [-0.4, -0.2) is 32.0 Å². The van der Waals surface area contributed by atoms with E-state index in [9.17, 15) is 9.59 Å². The molecule has 0 fully saturated rings. The van der Waals surface area contributed by atoms with Crippen LogP contribution < -0.4 is 10.6 Å². The van der Waals surface area contributed by atoms with Gasteiger partial charge in [-0.1, -0.05) is 23.7 Å². The average molecular weight is 337 g/mol. The van der Waals surface area contributed by atoms with E-state index < -0.39 is 0 Å². The molecule has 0 spiro atoms. The second-order valence-corrected chi connectivity index (χ2v) is 5.10. The van der Waals surface area contributed by atoms with E-state index in [0.29, 0.717) is 23.0 Å². The molecule has 0 atom stereocenters. The zero-order valence-corrected chi connectivity index (χ0v) is 13.4. The van der Waals surface area contributed by atoms with E-state index in [1.807, 2.05) is 0 Å². The van der Waals surface area contributed by atoms with Crippen LogP contribution in [0.4, 0.5) is 0 Å². The highest BCUT2D eigenvalue weighted by Crippen LogP contribution is 2.14. The normalized spacial score (nSPS) is 10.3. The maximum absolute atomic E-state index is 11.9. The van der Waals surface area contributed by atoms with E-state index in [2.05, 4.69) is 10.6 Å². The van der Waals surface area contributed by atoms with Gasteiger partial charge in [0, 0.05) is 20.2 Å². The SMILES string of the molecule is COCc1ccc(C(=O)NCCNC(=O)c2ccccc2Cl)o1. The lowest BCUT2D eigenvalue weighted by atomic mass is 10.2. The Balaban J connectivity index is 1.75. The highest BCUT2D eigenvalue weighted by atomic mass is 35.5. The molecule has 0 aliphatic carbocycles. The standard InChI is InChI=1S/C16H17ClN2O4/c1-22-10-11-6-7-14(23-11)16(21)19-9-8-18-15(20)12-4-2-3-5-13(12)17/h2-7H,8-10H2,1H3,(H,18,20)(H,19,21). The highest BCUT2D eigenvalue weighted by Gasteiger charge is 2.11. The first-order chi connectivity index (χ1) is 11.1. The number of carbonyl (C=O) groups is 2. The van der Waals surface area contributed by atoms with Crippen molar-refractivity contribution in [1.82, 2.24) is 10.6 Å². The third kappa shape index (κ3) is 4.84. The molecule has 0 saturated carbocycles. The van der Waals surface area contributed by atoms with Gasteiger partial charge in [0.15, 0.2) is 5.76 Å². The first-order valence-electron chi connectivity index (χ1n) is 7.00. The van der Waals surface area contributed by atoms with Gasteiger partial charge in [-0.2, -0.15) is 0 Å². The quantitative estimate of drug-likeness (QED) is 0.760. The number of amides is 2. The fourth-order valence-electron chi connectivity index (χ4n) is 1.90. The maximum atomic E-state index is 11.9. The van der Waals surface area contributed by atoms with Gasteiger partial charge in [0.25, 0.3) is 11.8 Å². The second kappa shape index (κ2) is 8.36. The zero-order chi connectivity index (χ0) is 16.7. The summed E-state index contributed by atoms with van der Waals surface area (Å²) in [5.41, 5.74) is 0.399. The van der Waals surface area contributed by atoms with Crippen LogP contribution in [0.25, 0.3) is 0 Å². The van der Waals surface area contributed by atoms with Crippen molar-refractivity contribution in [1.29, 1.82) is 0 Å². The van der Waals surface area contributed by atoms with Gasteiger partial charge < -0.3 is 19.8 Å². The van der Waals surface area contributed by atoms with Crippen LogP contribution in [0, 0.1) is 0 Å². The molecule has 6 nitrogen and oxygen atoms in total. The van der Waals surface area contributed by atoms with Crippen molar-refractivity contribution in [2.75, 3.05) is 20.2 Å². The Morgan fingerprint density at radius 2 is 1.78 bits per heavy atom. The third-order valence-corrected chi connectivity index (χ3v) is 3.32. The summed E-state index contributed by atoms with van der Waals surface area (Å²) in [6.45, 7) is 0.859. The van der Waals surface area contributed by atoms with E-state index in [1.165, 1.54) is 0 Å². The predicted octanol–water partition coefficient (Wildman–Crippen LogP) is 2.24. The van der Waals surface area contributed by atoms with Crippen molar-refractivity contribution in [2.45, 2.75) is 6.61 Å². The van der Waals surface area contributed by atoms with Crippen LogP contribution in [0.5, 0.6) is 0 Å². The fraction of sp³-hybridized carbons (Fsp3) is 0.250. The number of ether oxygens (including phenoxy) is 1. The summed E-state index contributed by atoms with van der Waals surface area (Å²) in [5, 5.41) is 5.72. The molecule has 0 unspecified atom stereocenters. The molecule has 0 radical (unpaired) electrons. The number of halogens is 1. The number of rotatable bonds is 7. The molecular formula is C16H17ClN2O4. The first-order valence-corrected chi connectivity index (χ1v) is 7.38. The van der Waals surface area contributed by atoms with Gasteiger partial charge >= 0.3 is 0 Å². The molecule has 0 aliphatic rings. The molecule has 2 aromatic rings. The van der Waals surface area contributed by atoms with Gasteiger partial charge in [-0.25, -0.2) is 0 Å². The topological polar surface area (TPSA) is 80.6 Å². The smallest absolute Gasteiger partial charge is 0.287 e. The van der Waals surface area contributed by atoms with E-state index in [-0.39, 0.29) is 30.7 Å². The monoisotopic (exact) mass is 336 g/mol. The van der Waals surface area contributed by atoms with E-state index in [1.54, 1.807) is 43.5 Å². The van der Waals surface area contributed by atoms with Crippen LogP contribution in [0.3, 0.4) is 0 Å². The summed E-state index contributed by atoms with van der Waals surface area (Å²) in [7, 11) is 1.55. The zero-order valence-electron chi connectivity index (χ0n) is 12.6. The van der Waals surface area contributed by atoms with Crippen molar-refractivity contribution in [2.24, 2.45) is 0 Å². The Bertz CT molecular complexity index is 684. The molecule has 2 rings (SSSR count). The Morgan fingerprint density at radius 1 is 1.09 bits per heavy atom. The minimum absolute atomic E-state index is 0.203. The lowest BCUT2D eigenvalue weighted by Crippen LogP contribution is -2.34. The number of hydrogen-bond donors (Lipinski definition) is 2. The number of carbonyl (C=O) groups excluding carboxylic acids is 2. The van der Waals surface area contributed by atoms with Gasteiger partial charge in [0.05, 0.1) is 10.6 Å². The molecule has 1 aromatic carbocycles. The molecule has 2 amide bonds. The second-order valence-electron chi connectivity index (χ2n) is 4.69. The van der Waals surface area contributed by atoms with Gasteiger partial charge in [0.2, 0.25) is 0 Å². The van der Waals surface area contributed by atoms with Crippen molar-refractivity contribution in [3.8, 4) is 0 Å². The summed E-state index contributed by atoms with van der Waals surface area (Å²) < 4.78 is 10.2. The van der Waals surface area contributed by atoms with Crippen molar-refractivity contribution in [3.63, 3.8) is 0 Å². The summed E-state index contributed by atoms with van der Waals surface area (Å²) >= 11 is 5.94. The number of methoxy groups -OCH3 is 1. The lowest BCUT2D eigenvalue weighted by Gasteiger charge is -2.07. The fourth-order valence-corrected chi connectivity index (χ4v) is 2.12. The Kier molecular flexibility index (Phi) is 6.19. The average Bonchev–Trinajstić information content (AvgIpc) is 3.01. The molecule has 2 N–H and O–H groups in total. The molecular weight excluding hydrogens is 320 g/mol. The van der Waals surface area contributed by atoms with Crippen LogP contribution in [0.2, 0.25) is 5.02 Å². The van der Waals surface area contributed by atoms with Crippen LogP contribution in [0.1, 0.15) is 26.7 Å². The van der Waals surface area contributed by atoms with Crippen LogP contribution in [0.15, 0.2) is 40.8 Å². The summed E-state index contributed by atoms with van der Waals surface area (Å²) in [5.74, 6) is 0.142. The third-order valence-electron chi connectivity index (χ3n) is 2.99. The Morgan fingerprint density at radius 3 is 2.48 bits per heavy atom. The number of furan rings is 1. The molecule has 0 aliphatic heterocycles. The van der Waals surface area contributed by atoms with Gasteiger partial charge in [-0.15, -0.1) is 0 Å². The minimum atomic E-state index is -0.348. The van der Waals surface area contributed by atoms with Gasteiger partial charge in [0.1, 0.15) is 12.4 Å². The minimum Gasteiger partial charge on any atom is -0.453 e. The summed E-state index contributed by atoms with van der Waals surface area (Å²) in [6.07, 6.45) is 0.